The van der Waals surface area contributed by atoms with Gasteiger partial charge in [-0.15, -0.1) is 0 Å². The van der Waals surface area contributed by atoms with Crippen LogP contribution in [0.3, 0.4) is 0 Å². The van der Waals surface area contributed by atoms with Crippen LogP contribution in [0.15, 0.2) is 36.4 Å². The molecular weight excluding hydrogens is 184 g/mol. The molecule has 5 nitrogen and oxygen atoms in total. The lowest BCUT2D eigenvalue weighted by Crippen LogP contribution is -2.27. The van der Waals surface area contributed by atoms with Crippen molar-refractivity contribution in [1.29, 1.82) is 0 Å². The van der Waals surface area contributed by atoms with Gasteiger partial charge in [0.05, 0.1) is 0 Å². The lowest BCUT2D eigenvalue weighted by molar-refractivity contribution is -0.529. The maximum Gasteiger partial charge on any atom is 0.303 e. The van der Waals surface area contributed by atoms with Crippen molar-refractivity contribution < 1.29 is 9.83 Å². The Morgan fingerprint density at radius 1 is 1.36 bits per heavy atom. The highest BCUT2D eigenvalue weighted by Gasteiger charge is 2.00. The Bertz CT molecular complexity index is 360. The third kappa shape index (κ3) is 3.48. The minimum Gasteiger partial charge on any atom is -0.264 e. The van der Waals surface area contributed by atoms with E-state index in [0.717, 1.165) is 11.6 Å². The van der Waals surface area contributed by atoms with E-state index in [0.29, 0.717) is 0 Å². The third-order valence-corrected chi connectivity index (χ3v) is 1.43. The van der Waals surface area contributed by atoms with Crippen LogP contribution in [0.1, 0.15) is 5.56 Å². The highest BCUT2D eigenvalue weighted by atomic mass is 16.7. The van der Waals surface area contributed by atoms with Gasteiger partial charge in [-0.05, 0) is 11.6 Å². The molecule has 0 spiro atoms. The standard InChI is InChI=1S/C9H8N2O3/c12-9(10-11(13)14)7-6-8-4-2-1-3-5-8/h1-7H,(H,10,12)/b7-6+. The number of rotatable bonds is 3. The van der Waals surface area contributed by atoms with Crippen LogP contribution in [0.5, 0.6) is 0 Å². The van der Waals surface area contributed by atoms with Crippen molar-refractivity contribution in [1.82, 2.24) is 5.43 Å². The highest BCUT2D eigenvalue weighted by Crippen LogP contribution is 2.00. The van der Waals surface area contributed by atoms with Gasteiger partial charge < -0.3 is 0 Å². The predicted octanol–water partition coefficient (Wildman–Crippen LogP) is 1.01. The molecule has 0 bridgehead atoms. The zero-order valence-electron chi connectivity index (χ0n) is 7.21. The van der Waals surface area contributed by atoms with Crippen molar-refractivity contribution in [2.75, 3.05) is 0 Å². The Kier molecular flexibility index (Phi) is 3.37. The number of hydrazine groups is 1. The van der Waals surface area contributed by atoms with Crippen molar-refractivity contribution in [3.63, 3.8) is 0 Å². The molecule has 1 amide bonds. The Balaban J connectivity index is 2.56. The van der Waals surface area contributed by atoms with Gasteiger partial charge in [-0.3, -0.25) is 4.79 Å². The first-order valence-electron chi connectivity index (χ1n) is 3.86. The molecule has 0 unspecified atom stereocenters. The van der Waals surface area contributed by atoms with Crippen LogP contribution in [-0.4, -0.2) is 10.9 Å². The van der Waals surface area contributed by atoms with E-state index in [1.807, 2.05) is 18.2 Å². The molecule has 0 heterocycles. The van der Waals surface area contributed by atoms with Crippen molar-refractivity contribution in [3.05, 3.63) is 52.1 Å². The lowest BCUT2D eigenvalue weighted by atomic mass is 10.2. The molecule has 1 rings (SSSR count). The van der Waals surface area contributed by atoms with Crippen LogP contribution in [0, 0.1) is 10.1 Å². The summed E-state index contributed by atoms with van der Waals surface area (Å²) in [5.41, 5.74) is 2.32. The molecule has 1 aromatic carbocycles. The Hall–Kier alpha value is -2.17. The van der Waals surface area contributed by atoms with E-state index < -0.39 is 10.9 Å². The molecule has 0 fully saturated rings. The molecule has 72 valence electrons. The first-order valence-corrected chi connectivity index (χ1v) is 3.86. The summed E-state index contributed by atoms with van der Waals surface area (Å²) >= 11 is 0. The van der Waals surface area contributed by atoms with E-state index in [-0.39, 0.29) is 0 Å². The first-order chi connectivity index (χ1) is 6.68. The predicted molar refractivity (Wildman–Crippen MR) is 50.6 cm³/mol. The number of benzene rings is 1. The van der Waals surface area contributed by atoms with Crippen LogP contribution >= 0.6 is 0 Å². The van der Waals surface area contributed by atoms with E-state index in [2.05, 4.69) is 0 Å². The third-order valence-electron chi connectivity index (χ3n) is 1.43. The van der Waals surface area contributed by atoms with E-state index >= 15 is 0 Å². The van der Waals surface area contributed by atoms with Gasteiger partial charge in [0.15, 0.2) is 5.03 Å². The summed E-state index contributed by atoms with van der Waals surface area (Å²) in [6.07, 6.45) is 2.61. The number of nitrogens with zero attached hydrogens (tertiary/aromatic N) is 1. The van der Waals surface area contributed by atoms with Crippen LogP contribution in [0.2, 0.25) is 0 Å². The Morgan fingerprint density at radius 3 is 2.57 bits per heavy atom. The molecule has 0 aliphatic rings. The van der Waals surface area contributed by atoms with Crippen molar-refractivity contribution >= 4 is 12.0 Å². The molecule has 1 N–H and O–H groups in total. The van der Waals surface area contributed by atoms with E-state index in [1.54, 1.807) is 12.1 Å². The molecule has 5 heteroatoms. The van der Waals surface area contributed by atoms with E-state index in [4.69, 9.17) is 0 Å². The fourth-order valence-corrected chi connectivity index (χ4v) is 0.863. The summed E-state index contributed by atoms with van der Waals surface area (Å²) in [6, 6.07) is 9.04. The molecule has 0 aromatic heterocycles. The summed E-state index contributed by atoms with van der Waals surface area (Å²) in [6.45, 7) is 0. The number of nitro groups is 1. The molecule has 14 heavy (non-hydrogen) atoms. The minimum atomic E-state index is -0.891. The molecular formula is C9H8N2O3. The summed E-state index contributed by atoms with van der Waals surface area (Å²) < 4.78 is 0. The summed E-state index contributed by atoms with van der Waals surface area (Å²) in [7, 11) is 0. The number of carbonyl (C=O) groups is 1. The van der Waals surface area contributed by atoms with E-state index in [9.17, 15) is 14.9 Å². The Morgan fingerprint density at radius 2 is 2.00 bits per heavy atom. The average molecular weight is 192 g/mol. The van der Waals surface area contributed by atoms with Gasteiger partial charge in [-0.1, -0.05) is 35.8 Å². The van der Waals surface area contributed by atoms with Crippen LogP contribution in [-0.2, 0) is 4.79 Å². The monoisotopic (exact) mass is 192 g/mol. The molecule has 0 radical (unpaired) electrons. The normalized spacial score (nSPS) is 10.0. The second-order valence-corrected chi connectivity index (χ2v) is 2.48. The molecule has 0 aliphatic heterocycles. The van der Waals surface area contributed by atoms with Gasteiger partial charge in [0, 0.05) is 6.08 Å². The first kappa shape index (κ1) is 9.91. The zero-order chi connectivity index (χ0) is 10.4. The molecule has 0 saturated carbocycles. The molecule has 0 atom stereocenters. The summed E-state index contributed by atoms with van der Waals surface area (Å²) in [5.74, 6) is -0.751. The van der Waals surface area contributed by atoms with Gasteiger partial charge in [-0.25, -0.2) is 10.1 Å². The van der Waals surface area contributed by atoms with Crippen molar-refractivity contribution in [2.24, 2.45) is 0 Å². The summed E-state index contributed by atoms with van der Waals surface area (Å²) in [5, 5.41) is 8.97. The molecule has 0 aliphatic carbocycles. The Labute approximate surface area is 80.2 Å². The van der Waals surface area contributed by atoms with Crippen molar-refractivity contribution in [2.45, 2.75) is 0 Å². The zero-order valence-corrected chi connectivity index (χ0v) is 7.21. The largest absolute Gasteiger partial charge is 0.303 e. The van der Waals surface area contributed by atoms with Crippen LogP contribution in [0.25, 0.3) is 6.08 Å². The van der Waals surface area contributed by atoms with Crippen LogP contribution in [0.4, 0.5) is 0 Å². The second kappa shape index (κ2) is 4.76. The smallest absolute Gasteiger partial charge is 0.264 e. The van der Waals surface area contributed by atoms with E-state index in [1.165, 1.54) is 11.5 Å². The average Bonchev–Trinajstić information content (AvgIpc) is 2.15. The summed E-state index contributed by atoms with van der Waals surface area (Å²) in [4.78, 5) is 20.6. The van der Waals surface area contributed by atoms with Gasteiger partial charge in [0.2, 0.25) is 0 Å². The number of hydrogen-bond donors (Lipinski definition) is 1. The maximum absolute atomic E-state index is 10.8. The van der Waals surface area contributed by atoms with Gasteiger partial charge >= 0.3 is 5.91 Å². The quantitative estimate of drug-likeness (QED) is 0.441. The highest BCUT2D eigenvalue weighted by molar-refractivity contribution is 5.90. The van der Waals surface area contributed by atoms with Crippen molar-refractivity contribution in [3.8, 4) is 0 Å². The number of nitrogens with one attached hydrogen (secondary N) is 1. The topological polar surface area (TPSA) is 72.2 Å². The molecule has 1 aromatic rings. The van der Waals surface area contributed by atoms with Gasteiger partial charge in [0.25, 0.3) is 0 Å². The minimum absolute atomic E-state index is 0.751. The number of carbonyl (C=O) groups excluding carboxylic acids is 1. The maximum atomic E-state index is 10.8. The van der Waals surface area contributed by atoms with Crippen LogP contribution < -0.4 is 5.43 Å². The SMILES string of the molecule is O=C(/C=C/c1ccccc1)N[N+](=O)[O-]. The van der Waals surface area contributed by atoms with Gasteiger partial charge in [-0.2, -0.15) is 0 Å². The van der Waals surface area contributed by atoms with Gasteiger partial charge in [0.1, 0.15) is 0 Å². The fraction of sp³-hybridized carbons (Fsp3) is 0. The second-order valence-electron chi connectivity index (χ2n) is 2.48. The molecule has 0 saturated heterocycles. The number of amides is 1. The number of hydrogen-bond acceptors (Lipinski definition) is 3. The lowest BCUT2D eigenvalue weighted by Gasteiger charge is -1.90. The fourth-order valence-electron chi connectivity index (χ4n) is 0.863.